The molecule has 0 amide bonds. The molecule has 0 aromatic carbocycles. The summed E-state index contributed by atoms with van der Waals surface area (Å²) in [4.78, 5) is 11.7. The first-order valence-corrected chi connectivity index (χ1v) is 4.24. The summed E-state index contributed by atoms with van der Waals surface area (Å²) in [6, 6.07) is 3.52. The lowest BCUT2D eigenvalue weighted by molar-refractivity contribution is 0.0668. The molecular weight excluding hydrogens is 172 g/mol. The van der Waals surface area contributed by atoms with Gasteiger partial charge in [0, 0.05) is 0 Å². The maximum Gasteiger partial charge on any atom is 0.353 e. The molecule has 0 aliphatic rings. The van der Waals surface area contributed by atoms with E-state index in [2.05, 4.69) is 6.58 Å². The van der Waals surface area contributed by atoms with Gasteiger partial charge in [-0.25, -0.2) is 4.79 Å². The Hall–Kier alpha value is -1.35. The number of allylic oxidation sites excluding steroid dienone is 2. The zero-order chi connectivity index (χ0) is 8.81. The van der Waals surface area contributed by atoms with Crippen molar-refractivity contribution in [2.45, 2.75) is 0 Å². The normalized spacial score (nSPS) is 10.0. The smallest absolute Gasteiger partial charge is 0.353 e. The lowest BCUT2D eigenvalue weighted by atomic mass is 10.5. The van der Waals surface area contributed by atoms with Gasteiger partial charge in [0.2, 0.25) is 0 Å². The summed E-state index contributed by atoms with van der Waals surface area (Å²) in [5, 5.41) is 1.83. The molecule has 0 saturated heterocycles. The fraction of sp³-hybridized carbons (Fsp3) is 0. The first kappa shape index (κ1) is 8.74. The van der Waals surface area contributed by atoms with E-state index in [1.807, 2.05) is 5.38 Å². The van der Waals surface area contributed by atoms with Gasteiger partial charge in [0.15, 0.2) is 0 Å². The summed E-state index contributed by atoms with van der Waals surface area (Å²) in [5.74, 6) is -0.330. The van der Waals surface area contributed by atoms with E-state index in [-0.39, 0.29) is 5.97 Å². The topological polar surface area (TPSA) is 26.3 Å². The molecule has 1 heterocycles. The van der Waals surface area contributed by atoms with Gasteiger partial charge in [0.1, 0.15) is 4.88 Å². The molecule has 0 bridgehead atoms. The summed E-state index contributed by atoms with van der Waals surface area (Å²) in [5.41, 5.74) is 0. The SMILES string of the molecule is C=C/C=C/OC(=O)c1cccs1. The summed E-state index contributed by atoms with van der Waals surface area (Å²) in [6.07, 6.45) is 4.42. The molecule has 2 nitrogen and oxygen atoms in total. The van der Waals surface area contributed by atoms with Crippen molar-refractivity contribution in [2.75, 3.05) is 0 Å². The highest BCUT2D eigenvalue weighted by Gasteiger charge is 2.04. The van der Waals surface area contributed by atoms with Crippen LogP contribution in [-0.4, -0.2) is 5.97 Å². The monoisotopic (exact) mass is 180 g/mol. The minimum absolute atomic E-state index is 0.330. The van der Waals surface area contributed by atoms with Crippen LogP contribution in [0.15, 0.2) is 42.5 Å². The van der Waals surface area contributed by atoms with E-state index in [1.165, 1.54) is 17.6 Å². The molecule has 0 aliphatic heterocycles. The van der Waals surface area contributed by atoms with Crippen molar-refractivity contribution in [3.05, 3.63) is 47.4 Å². The van der Waals surface area contributed by atoms with Crippen LogP contribution in [0.25, 0.3) is 0 Å². The van der Waals surface area contributed by atoms with E-state index in [4.69, 9.17) is 4.74 Å². The Bertz CT molecular complexity index is 285. The van der Waals surface area contributed by atoms with Crippen LogP contribution in [0.2, 0.25) is 0 Å². The largest absolute Gasteiger partial charge is 0.430 e. The van der Waals surface area contributed by atoms with Crippen LogP contribution >= 0.6 is 11.3 Å². The fourth-order valence-electron chi connectivity index (χ4n) is 0.609. The number of carbonyl (C=O) groups is 1. The maximum absolute atomic E-state index is 11.1. The molecule has 0 spiro atoms. The molecule has 0 aliphatic carbocycles. The number of hydrogen-bond acceptors (Lipinski definition) is 3. The van der Waals surface area contributed by atoms with Crippen molar-refractivity contribution in [2.24, 2.45) is 0 Å². The third kappa shape index (κ3) is 2.36. The van der Waals surface area contributed by atoms with Crippen molar-refractivity contribution in [3.8, 4) is 0 Å². The molecule has 3 heteroatoms. The van der Waals surface area contributed by atoms with Gasteiger partial charge in [-0.15, -0.1) is 11.3 Å². The fourth-order valence-corrected chi connectivity index (χ4v) is 1.21. The average Bonchev–Trinajstić information content (AvgIpc) is 2.56. The van der Waals surface area contributed by atoms with Crippen LogP contribution in [0, 0.1) is 0 Å². The van der Waals surface area contributed by atoms with Crippen LogP contribution < -0.4 is 0 Å². The highest BCUT2D eigenvalue weighted by molar-refractivity contribution is 7.11. The minimum atomic E-state index is -0.330. The molecule has 62 valence electrons. The molecule has 0 N–H and O–H groups in total. The Kier molecular flexibility index (Phi) is 3.29. The van der Waals surface area contributed by atoms with Crippen LogP contribution in [0.5, 0.6) is 0 Å². The minimum Gasteiger partial charge on any atom is -0.430 e. The number of thiophene rings is 1. The van der Waals surface area contributed by atoms with Crippen molar-refractivity contribution in [1.29, 1.82) is 0 Å². The highest BCUT2D eigenvalue weighted by Crippen LogP contribution is 2.09. The third-order valence-electron chi connectivity index (χ3n) is 1.11. The first-order chi connectivity index (χ1) is 5.84. The molecule has 0 saturated carbocycles. The standard InChI is InChI=1S/C9H8O2S/c1-2-3-6-11-9(10)8-5-4-7-12-8/h2-7H,1H2/b6-3+. The molecule has 1 aromatic heterocycles. The van der Waals surface area contributed by atoms with Gasteiger partial charge >= 0.3 is 5.97 Å². The number of hydrogen-bond donors (Lipinski definition) is 0. The van der Waals surface area contributed by atoms with E-state index in [0.717, 1.165) is 0 Å². The molecule has 0 unspecified atom stereocenters. The zero-order valence-corrected chi connectivity index (χ0v) is 7.21. The van der Waals surface area contributed by atoms with Gasteiger partial charge < -0.3 is 4.74 Å². The molecule has 0 atom stereocenters. The number of ether oxygens (including phenoxy) is 1. The molecule has 0 radical (unpaired) electrons. The Balaban J connectivity index is 2.50. The van der Waals surface area contributed by atoms with E-state index >= 15 is 0 Å². The van der Waals surface area contributed by atoms with Gasteiger partial charge in [0.05, 0.1) is 6.26 Å². The van der Waals surface area contributed by atoms with E-state index in [9.17, 15) is 4.79 Å². The van der Waals surface area contributed by atoms with Gasteiger partial charge in [-0.2, -0.15) is 0 Å². The number of rotatable bonds is 3. The zero-order valence-electron chi connectivity index (χ0n) is 6.40. The first-order valence-electron chi connectivity index (χ1n) is 3.36. The van der Waals surface area contributed by atoms with Crippen molar-refractivity contribution in [1.82, 2.24) is 0 Å². The second-order valence-electron chi connectivity index (χ2n) is 1.95. The molecule has 1 aromatic rings. The van der Waals surface area contributed by atoms with Crippen molar-refractivity contribution < 1.29 is 9.53 Å². The quantitative estimate of drug-likeness (QED) is 0.406. The van der Waals surface area contributed by atoms with Crippen LogP contribution in [0.4, 0.5) is 0 Å². The van der Waals surface area contributed by atoms with Crippen molar-refractivity contribution >= 4 is 17.3 Å². The number of carbonyl (C=O) groups excluding carboxylic acids is 1. The molecule has 1 rings (SSSR count). The van der Waals surface area contributed by atoms with Gasteiger partial charge in [0.25, 0.3) is 0 Å². The molecule has 0 fully saturated rings. The lowest BCUT2D eigenvalue weighted by Crippen LogP contribution is -1.96. The van der Waals surface area contributed by atoms with Crippen LogP contribution in [0.3, 0.4) is 0 Å². The maximum atomic E-state index is 11.1. The van der Waals surface area contributed by atoms with Gasteiger partial charge in [-0.1, -0.05) is 18.7 Å². The summed E-state index contributed by atoms with van der Waals surface area (Å²) in [7, 11) is 0. The van der Waals surface area contributed by atoms with Crippen molar-refractivity contribution in [3.63, 3.8) is 0 Å². The Morgan fingerprint density at radius 3 is 3.08 bits per heavy atom. The summed E-state index contributed by atoms with van der Waals surface area (Å²) < 4.78 is 4.75. The third-order valence-corrected chi connectivity index (χ3v) is 1.96. The average molecular weight is 180 g/mol. The van der Waals surface area contributed by atoms with E-state index in [1.54, 1.807) is 24.3 Å². The van der Waals surface area contributed by atoms with Gasteiger partial charge in [-0.3, -0.25) is 0 Å². The van der Waals surface area contributed by atoms with E-state index in [0.29, 0.717) is 4.88 Å². The van der Waals surface area contributed by atoms with Crippen LogP contribution in [0.1, 0.15) is 9.67 Å². The molecular formula is C9H8O2S. The summed E-state index contributed by atoms with van der Waals surface area (Å²) in [6.45, 7) is 3.44. The Labute approximate surface area is 74.8 Å². The number of esters is 1. The Morgan fingerprint density at radius 1 is 1.67 bits per heavy atom. The van der Waals surface area contributed by atoms with Gasteiger partial charge in [-0.05, 0) is 17.5 Å². The summed E-state index contributed by atoms with van der Waals surface area (Å²) >= 11 is 1.35. The highest BCUT2D eigenvalue weighted by atomic mass is 32.1. The second-order valence-corrected chi connectivity index (χ2v) is 2.89. The van der Waals surface area contributed by atoms with E-state index < -0.39 is 0 Å². The predicted octanol–water partition coefficient (Wildman–Crippen LogP) is 2.60. The van der Waals surface area contributed by atoms with Crippen LogP contribution in [-0.2, 0) is 4.74 Å². The lowest BCUT2D eigenvalue weighted by Gasteiger charge is -1.92. The molecule has 12 heavy (non-hydrogen) atoms. The second kappa shape index (κ2) is 4.51. The Morgan fingerprint density at radius 2 is 2.50 bits per heavy atom. The predicted molar refractivity (Wildman–Crippen MR) is 49.1 cm³/mol.